The van der Waals surface area contributed by atoms with E-state index in [0.717, 1.165) is 47.4 Å². The largest absolute Gasteiger partial charge is 0.497 e. The number of ether oxygens (including phenoxy) is 1. The summed E-state index contributed by atoms with van der Waals surface area (Å²) in [6, 6.07) is 22.1. The minimum Gasteiger partial charge on any atom is -0.497 e. The fourth-order valence-electron chi connectivity index (χ4n) is 5.06. The number of likely N-dealkylation sites (tertiary alicyclic amines) is 1. The maximum atomic E-state index is 13.5. The number of hydrogen-bond donors (Lipinski definition) is 1. The van der Waals surface area contributed by atoms with Gasteiger partial charge in [0, 0.05) is 13.0 Å². The fraction of sp³-hybridized carbons (Fsp3) is 0.321. The highest BCUT2D eigenvalue weighted by Crippen LogP contribution is 2.34. The Morgan fingerprint density at radius 3 is 2.57 bits per heavy atom. The Kier molecular flexibility index (Phi) is 6.51. The van der Waals surface area contributed by atoms with Crippen molar-refractivity contribution in [1.82, 2.24) is 9.91 Å². The Hall–Kier alpha value is -3.71. The fourth-order valence-corrected chi connectivity index (χ4v) is 5.06. The quantitative estimate of drug-likeness (QED) is 0.595. The first-order chi connectivity index (χ1) is 17.0. The van der Waals surface area contributed by atoms with Crippen molar-refractivity contribution in [2.24, 2.45) is 16.8 Å². The third kappa shape index (κ3) is 4.91. The molecule has 0 aromatic heterocycles. The van der Waals surface area contributed by atoms with E-state index in [1.54, 1.807) is 12.1 Å². The summed E-state index contributed by atoms with van der Waals surface area (Å²) < 4.78 is 5.31. The molecule has 2 aliphatic heterocycles. The number of benzene rings is 3. The summed E-state index contributed by atoms with van der Waals surface area (Å²) in [5.41, 5.74) is 8.45. The van der Waals surface area contributed by atoms with Gasteiger partial charge in [0.25, 0.3) is 5.91 Å². The molecule has 2 aliphatic rings. The first kappa shape index (κ1) is 23.1. The van der Waals surface area contributed by atoms with E-state index in [4.69, 9.17) is 15.6 Å². The number of carbonyl (C=O) groups excluding carboxylic acids is 2. The van der Waals surface area contributed by atoms with Gasteiger partial charge >= 0.3 is 0 Å². The molecule has 5 rings (SSSR count). The van der Waals surface area contributed by atoms with Gasteiger partial charge in [0.2, 0.25) is 5.91 Å². The maximum absolute atomic E-state index is 13.5. The lowest BCUT2D eigenvalue weighted by Gasteiger charge is -2.32. The molecule has 35 heavy (non-hydrogen) atoms. The molecule has 3 aromatic rings. The Morgan fingerprint density at radius 2 is 1.83 bits per heavy atom. The Morgan fingerprint density at radius 1 is 1.06 bits per heavy atom. The lowest BCUT2D eigenvalue weighted by atomic mass is 9.96. The van der Waals surface area contributed by atoms with Crippen LogP contribution >= 0.6 is 0 Å². The molecular weight excluding hydrogens is 440 g/mol. The summed E-state index contributed by atoms with van der Waals surface area (Å²) >= 11 is 0. The van der Waals surface area contributed by atoms with Crippen LogP contribution in [0.3, 0.4) is 0 Å². The van der Waals surface area contributed by atoms with Crippen molar-refractivity contribution in [2.75, 3.05) is 26.7 Å². The molecule has 0 radical (unpaired) electrons. The summed E-state index contributed by atoms with van der Waals surface area (Å²) in [5, 5.41) is 8.77. The van der Waals surface area contributed by atoms with Crippen molar-refractivity contribution < 1.29 is 14.3 Å². The number of amides is 2. The van der Waals surface area contributed by atoms with Gasteiger partial charge < -0.3 is 10.5 Å². The Balaban J connectivity index is 1.43. The van der Waals surface area contributed by atoms with Crippen LogP contribution in [0.4, 0.5) is 0 Å². The number of fused-ring (bicyclic) bond motifs is 1. The average molecular weight is 471 g/mol. The number of nitrogens with zero attached hydrogens (tertiary/aromatic N) is 3. The summed E-state index contributed by atoms with van der Waals surface area (Å²) in [6.45, 7) is 1.51. The predicted molar refractivity (Wildman–Crippen MR) is 136 cm³/mol. The molecule has 180 valence electrons. The van der Waals surface area contributed by atoms with Crippen molar-refractivity contribution >= 4 is 28.3 Å². The Bertz CT molecular complexity index is 1270. The lowest BCUT2D eigenvalue weighted by Crippen LogP contribution is -2.45. The molecule has 2 N–H and O–H groups in total. The van der Waals surface area contributed by atoms with Gasteiger partial charge in [-0.2, -0.15) is 5.10 Å². The third-order valence-corrected chi connectivity index (χ3v) is 7.02. The molecule has 0 unspecified atom stereocenters. The van der Waals surface area contributed by atoms with Crippen molar-refractivity contribution in [3.05, 3.63) is 77.9 Å². The maximum Gasteiger partial charge on any atom is 0.257 e. The van der Waals surface area contributed by atoms with Gasteiger partial charge in [0.15, 0.2) is 0 Å². The zero-order chi connectivity index (χ0) is 24.4. The van der Waals surface area contributed by atoms with Gasteiger partial charge in [-0.3, -0.25) is 14.5 Å². The van der Waals surface area contributed by atoms with Crippen LogP contribution in [0.1, 0.15) is 36.4 Å². The zero-order valence-corrected chi connectivity index (χ0v) is 19.9. The number of methoxy groups -OCH3 is 1. The molecule has 7 heteroatoms. The van der Waals surface area contributed by atoms with Crippen molar-refractivity contribution in [3.63, 3.8) is 0 Å². The van der Waals surface area contributed by atoms with Gasteiger partial charge in [-0.15, -0.1) is 0 Å². The van der Waals surface area contributed by atoms with E-state index in [9.17, 15) is 9.59 Å². The van der Waals surface area contributed by atoms with Crippen LogP contribution in [0.15, 0.2) is 71.8 Å². The molecule has 1 saturated heterocycles. The van der Waals surface area contributed by atoms with Gasteiger partial charge in [-0.05, 0) is 59.5 Å². The van der Waals surface area contributed by atoms with E-state index in [2.05, 4.69) is 30.3 Å². The molecule has 7 nitrogen and oxygen atoms in total. The zero-order valence-electron chi connectivity index (χ0n) is 19.9. The topological polar surface area (TPSA) is 88.2 Å². The number of primary amides is 1. The monoisotopic (exact) mass is 470 g/mol. The number of hydrazone groups is 1. The van der Waals surface area contributed by atoms with Crippen molar-refractivity contribution in [2.45, 2.75) is 25.3 Å². The molecule has 1 fully saturated rings. The second kappa shape index (κ2) is 9.88. The van der Waals surface area contributed by atoms with Gasteiger partial charge in [-0.1, -0.05) is 48.5 Å². The van der Waals surface area contributed by atoms with Crippen LogP contribution in [0.25, 0.3) is 10.8 Å². The number of carbonyl (C=O) groups is 2. The van der Waals surface area contributed by atoms with E-state index in [-0.39, 0.29) is 30.3 Å². The normalized spacial score (nSPS) is 20.6. The number of nitrogens with two attached hydrogens (primary N) is 1. The highest BCUT2D eigenvalue weighted by molar-refractivity contribution is 6.05. The molecule has 0 spiro atoms. The number of rotatable bonds is 6. The van der Waals surface area contributed by atoms with Crippen LogP contribution < -0.4 is 10.5 Å². The first-order valence-electron chi connectivity index (χ1n) is 12.1. The summed E-state index contributed by atoms with van der Waals surface area (Å²) in [5.74, 6) is 0.193. The third-order valence-electron chi connectivity index (χ3n) is 7.02. The standard InChI is InChI=1S/C28H30N4O3/c1-35-24-12-10-20(11-13-24)26-16-25(22-9-8-19-5-2-3-6-21(19)15-22)30-32(26)27(33)18-31-14-4-7-23(17-31)28(29)34/h2-3,5-6,8-13,15,23,26H,4,7,14,16-18H2,1H3,(H2,29,34)/t23-,26-/m1/s1. The molecule has 2 amide bonds. The second-order valence-corrected chi connectivity index (χ2v) is 9.32. The summed E-state index contributed by atoms with van der Waals surface area (Å²) in [6.07, 6.45) is 2.26. The average Bonchev–Trinajstić information content (AvgIpc) is 3.34. The second-order valence-electron chi connectivity index (χ2n) is 9.32. The highest BCUT2D eigenvalue weighted by atomic mass is 16.5. The van der Waals surface area contributed by atoms with Gasteiger partial charge in [-0.25, -0.2) is 5.01 Å². The van der Waals surface area contributed by atoms with Crippen LogP contribution in [0.5, 0.6) is 5.75 Å². The van der Waals surface area contributed by atoms with Crippen LogP contribution in [0, 0.1) is 5.92 Å². The van der Waals surface area contributed by atoms with E-state index in [1.807, 2.05) is 41.3 Å². The Labute approximate surface area is 205 Å². The molecule has 3 aromatic carbocycles. The molecule has 0 bridgehead atoms. The van der Waals surface area contributed by atoms with Crippen molar-refractivity contribution in [3.8, 4) is 5.75 Å². The minimum atomic E-state index is -0.295. The lowest BCUT2D eigenvalue weighted by molar-refractivity contribution is -0.135. The van der Waals surface area contributed by atoms with Crippen LogP contribution in [-0.4, -0.2) is 54.2 Å². The first-order valence-corrected chi connectivity index (χ1v) is 12.1. The molecular formula is C28H30N4O3. The van der Waals surface area contributed by atoms with Gasteiger partial charge in [0.1, 0.15) is 5.75 Å². The van der Waals surface area contributed by atoms with Crippen LogP contribution in [-0.2, 0) is 9.59 Å². The predicted octanol–water partition coefficient (Wildman–Crippen LogP) is 3.72. The van der Waals surface area contributed by atoms with E-state index < -0.39 is 0 Å². The summed E-state index contributed by atoms with van der Waals surface area (Å²) in [7, 11) is 1.64. The molecule has 0 saturated carbocycles. The SMILES string of the molecule is COc1ccc([C@H]2CC(c3ccc4ccccc4c3)=NN2C(=O)CN2CCC[C@@H](C(N)=O)C2)cc1. The smallest absolute Gasteiger partial charge is 0.257 e. The van der Waals surface area contributed by atoms with Gasteiger partial charge in [0.05, 0.1) is 31.3 Å². The number of hydrogen-bond acceptors (Lipinski definition) is 5. The number of piperidine rings is 1. The van der Waals surface area contributed by atoms with E-state index in [1.165, 1.54) is 5.39 Å². The molecule has 2 atom stereocenters. The van der Waals surface area contributed by atoms with E-state index in [0.29, 0.717) is 13.0 Å². The van der Waals surface area contributed by atoms with Crippen molar-refractivity contribution in [1.29, 1.82) is 0 Å². The molecule has 2 heterocycles. The summed E-state index contributed by atoms with van der Waals surface area (Å²) in [4.78, 5) is 27.2. The van der Waals surface area contributed by atoms with E-state index >= 15 is 0 Å². The highest BCUT2D eigenvalue weighted by Gasteiger charge is 2.35. The minimum absolute atomic E-state index is 0.0771. The van der Waals surface area contributed by atoms with Crippen LogP contribution in [0.2, 0.25) is 0 Å². The molecule has 0 aliphatic carbocycles.